The first-order valence-electron chi connectivity index (χ1n) is 6.43. The summed E-state index contributed by atoms with van der Waals surface area (Å²) in [6.07, 6.45) is 0.935. The highest BCUT2D eigenvalue weighted by Crippen LogP contribution is 2.32. The van der Waals surface area contributed by atoms with Gasteiger partial charge in [-0.2, -0.15) is 0 Å². The number of rotatable bonds is 6. The first-order valence-corrected chi connectivity index (χ1v) is 7.31. The fourth-order valence-corrected chi connectivity index (χ4v) is 2.89. The van der Waals surface area contributed by atoms with Gasteiger partial charge in [-0.05, 0) is 36.1 Å². The van der Waals surface area contributed by atoms with E-state index in [1.54, 1.807) is 36.6 Å². The summed E-state index contributed by atoms with van der Waals surface area (Å²) >= 11 is 1.70. The molecule has 0 saturated heterocycles. The topological polar surface area (TPSA) is 64.3 Å². The Morgan fingerprint density at radius 3 is 2.80 bits per heavy atom. The van der Waals surface area contributed by atoms with Crippen LogP contribution in [0.1, 0.15) is 34.6 Å². The highest BCUT2D eigenvalue weighted by Gasteiger charge is 2.14. The summed E-state index contributed by atoms with van der Waals surface area (Å²) in [6.45, 7) is 2.11. The summed E-state index contributed by atoms with van der Waals surface area (Å²) in [5, 5.41) is 5.48. The number of amides is 1. The van der Waals surface area contributed by atoms with E-state index in [-0.39, 0.29) is 6.04 Å². The Bertz CT molecular complexity index is 582. The summed E-state index contributed by atoms with van der Waals surface area (Å²) in [5.74, 6) is 0.255. The SMILES string of the molecule is CCC(Nc1cc(C(N)=O)ccc1OC)c1cccs1. The molecule has 4 nitrogen and oxygen atoms in total. The lowest BCUT2D eigenvalue weighted by atomic mass is 10.1. The molecule has 1 aromatic carbocycles. The number of ether oxygens (including phenoxy) is 1. The van der Waals surface area contributed by atoms with Crippen LogP contribution in [0.4, 0.5) is 5.69 Å². The number of nitrogens with two attached hydrogens (primary N) is 1. The van der Waals surface area contributed by atoms with Gasteiger partial charge in [0.15, 0.2) is 0 Å². The average Bonchev–Trinajstić information content (AvgIpc) is 2.98. The van der Waals surface area contributed by atoms with Crippen LogP contribution in [0.3, 0.4) is 0 Å². The molecular formula is C15H18N2O2S. The molecule has 20 heavy (non-hydrogen) atoms. The van der Waals surface area contributed by atoms with Crippen LogP contribution in [-0.4, -0.2) is 13.0 Å². The number of methoxy groups -OCH3 is 1. The molecule has 0 aliphatic heterocycles. The van der Waals surface area contributed by atoms with E-state index < -0.39 is 5.91 Å². The summed E-state index contributed by atoms with van der Waals surface area (Å²) < 4.78 is 5.33. The fraction of sp³-hybridized carbons (Fsp3) is 0.267. The van der Waals surface area contributed by atoms with Crippen LogP contribution in [-0.2, 0) is 0 Å². The average molecular weight is 290 g/mol. The van der Waals surface area contributed by atoms with Gasteiger partial charge in [-0.15, -0.1) is 11.3 Å². The molecule has 2 rings (SSSR count). The number of carbonyl (C=O) groups is 1. The Labute approximate surface area is 122 Å². The van der Waals surface area contributed by atoms with Crippen molar-refractivity contribution >= 4 is 22.9 Å². The lowest BCUT2D eigenvalue weighted by Gasteiger charge is -2.19. The smallest absolute Gasteiger partial charge is 0.248 e. The number of primary amides is 1. The van der Waals surface area contributed by atoms with Crippen LogP contribution in [0, 0.1) is 0 Å². The highest BCUT2D eigenvalue weighted by molar-refractivity contribution is 7.10. The standard InChI is InChI=1S/C15H18N2O2S/c1-3-11(14-5-4-8-20-14)17-12-9-10(15(16)18)6-7-13(12)19-2/h4-9,11,17H,3H2,1-2H3,(H2,16,18). The number of nitrogens with one attached hydrogen (secondary N) is 1. The van der Waals surface area contributed by atoms with Gasteiger partial charge in [-0.3, -0.25) is 4.79 Å². The molecule has 0 bridgehead atoms. The minimum Gasteiger partial charge on any atom is -0.495 e. The van der Waals surface area contributed by atoms with Crippen molar-refractivity contribution in [2.75, 3.05) is 12.4 Å². The number of anilines is 1. The van der Waals surface area contributed by atoms with Crippen LogP contribution in [0.15, 0.2) is 35.7 Å². The zero-order valence-corrected chi connectivity index (χ0v) is 12.4. The lowest BCUT2D eigenvalue weighted by molar-refractivity contribution is 0.100. The van der Waals surface area contributed by atoms with E-state index in [0.29, 0.717) is 11.3 Å². The molecule has 3 N–H and O–H groups in total. The third-order valence-corrected chi connectivity index (χ3v) is 4.09. The van der Waals surface area contributed by atoms with Gasteiger partial charge < -0.3 is 15.8 Å². The number of benzene rings is 1. The molecule has 1 heterocycles. The van der Waals surface area contributed by atoms with Crippen LogP contribution >= 0.6 is 11.3 Å². The molecule has 106 valence electrons. The first kappa shape index (κ1) is 14.4. The Morgan fingerprint density at radius 2 is 2.25 bits per heavy atom. The molecule has 2 aromatic rings. The van der Waals surface area contributed by atoms with Crippen molar-refractivity contribution < 1.29 is 9.53 Å². The van der Waals surface area contributed by atoms with Crippen molar-refractivity contribution in [2.45, 2.75) is 19.4 Å². The van der Waals surface area contributed by atoms with Gasteiger partial charge in [-0.25, -0.2) is 0 Å². The molecule has 0 aliphatic carbocycles. The highest BCUT2D eigenvalue weighted by atomic mass is 32.1. The van der Waals surface area contributed by atoms with Gasteiger partial charge in [0.25, 0.3) is 0 Å². The number of carbonyl (C=O) groups excluding carboxylic acids is 1. The number of thiophene rings is 1. The Balaban J connectivity index is 2.30. The first-order chi connectivity index (χ1) is 9.65. The fourth-order valence-electron chi connectivity index (χ4n) is 2.03. The molecule has 1 amide bonds. The van der Waals surface area contributed by atoms with Crippen molar-refractivity contribution in [1.82, 2.24) is 0 Å². The monoisotopic (exact) mass is 290 g/mol. The van der Waals surface area contributed by atoms with Gasteiger partial charge in [0.2, 0.25) is 5.91 Å². The minimum atomic E-state index is -0.445. The number of hydrogen-bond donors (Lipinski definition) is 2. The maximum atomic E-state index is 11.3. The Hall–Kier alpha value is -2.01. The summed E-state index contributed by atoms with van der Waals surface area (Å²) in [5.41, 5.74) is 6.58. The van der Waals surface area contributed by atoms with Crippen molar-refractivity contribution in [3.05, 3.63) is 46.2 Å². The van der Waals surface area contributed by atoms with Crippen molar-refractivity contribution in [3.63, 3.8) is 0 Å². The van der Waals surface area contributed by atoms with E-state index in [0.717, 1.165) is 12.1 Å². The number of hydrogen-bond acceptors (Lipinski definition) is 4. The molecule has 1 atom stereocenters. The quantitative estimate of drug-likeness (QED) is 0.856. The van der Waals surface area contributed by atoms with Crippen molar-refractivity contribution in [1.29, 1.82) is 0 Å². The molecule has 0 saturated carbocycles. The van der Waals surface area contributed by atoms with Gasteiger partial charge in [-0.1, -0.05) is 13.0 Å². The molecule has 0 spiro atoms. The van der Waals surface area contributed by atoms with Crippen LogP contribution in [0.25, 0.3) is 0 Å². The molecule has 0 fully saturated rings. The second kappa shape index (κ2) is 6.43. The predicted octanol–water partition coefficient (Wildman–Crippen LogP) is 3.42. The third-order valence-electron chi connectivity index (χ3n) is 3.11. The van der Waals surface area contributed by atoms with Crippen LogP contribution < -0.4 is 15.8 Å². The molecule has 0 radical (unpaired) electrons. The third kappa shape index (κ3) is 3.11. The summed E-state index contributed by atoms with van der Waals surface area (Å²) in [6, 6.07) is 9.46. The van der Waals surface area contributed by atoms with Crippen molar-refractivity contribution in [3.8, 4) is 5.75 Å². The van der Waals surface area contributed by atoms with E-state index in [1.807, 2.05) is 6.07 Å². The maximum Gasteiger partial charge on any atom is 0.248 e. The molecule has 1 aromatic heterocycles. The van der Waals surface area contributed by atoms with E-state index in [2.05, 4.69) is 23.7 Å². The Morgan fingerprint density at radius 1 is 1.45 bits per heavy atom. The molecular weight excluding hydrogens is 272 g/mol. The van der Waals surface area contributed by atoms with Gasteiger partial charge in [0.05, 0.1) is 18.8 Å². The van der Waals surface area contributed by atoms with Crippen molar-refractivity contribution in [2.24, 2.45) is 5.73 Å². The molecule has 1 unspecified atom stereocenters. The van der Waals surface area contributed by atoms with Gasteiger partial charge in [0, 0.05) is 10.4 Å². The van der Waals surface area contributed by atoms with E-state index in [4.69, 9.17) is 10.5 Å². The minimum absolute atomic E-state index is 0.187. The van der Waals surface area contributed by atoms with E-state index in [9.17, 15) is 4.79 Å². The van der Waals surface area contributed by atoms with Crippen LogP contribution in [0.2, 0.25) is 0 Å². The van der Waals surface area contributed by atoms with E-state index in [1.165, 1.54) is 4.88 Å². The maximum absolute atomic E-state index is 11.3. The zero-order chi connectivity index (χ0) is 14.5. The van der Waals surface area contributed by atoms with Crippen LogP contribution in [0.5, 0.6) is 5.75 Å². The lowest BCUT2D eigenvalue weighted by Crippen LogP contribution is -2.13. The summed E-state index contributed by atoms with van der Waals surface area (Å²) in [4.78, 5) is 12.5. The van der Waals surface area contributed by atoms with Gasteiger partial charge >= 0.3 is 0 Å². The molecule has 0 aliphatic rings. The Kier molecular flexibility index (Phi) is 4.63. The van der Waals surface area contributed by atoms with Gasteiger partial charge in [0.1, 0.15) is 5.75 Å². The predicted molar refractivity (Wildman–Crippen MR) is 82.5 cm³/mol. The molecule has 5 heteroatoms. The largest absolute Gasteiger partial charge is 0.495 e. The normalized spacial score (nSPS) is 11.9. The second-order valence-electron chi connectivity index (χ2n) is 4.40. The van der Waals surface area contributed by atoms with E-state index >= 15 is 0 Å². The zero-order valence-electron chi connectivity index (χ0n) is 11.6. The second-order valence-corrected chi connectivity index (χ2v) is 5.38. The summed E-state index contributed by atoms with van der Waals surface area (Å²) in [7, 11) is 1.61.